The number of carbonyl (C=O) groups is 1. The zero-order valence-electron chi connectivity index (χ0n) is 19.4. The third-order valence-electron chi connectivity index (χ3n) is 5.78. The smallest absolute Gasteiger partial charge is 0.407 e. The van der Waals surface area contributed by atoms with Crippen molar-refractivity contribution < 1.29 is 9.53 Å². The summed E-state index contributed by atoms with van der Waals surface area (Å²) in [7, 11) is 4.07. The van der Waals surface area contributed by atoms with E-state index in [9.17, 15) is 4.79 Å². The molecule has 2 aliphatic heterocycles. The average molecular weight is 564 g/mol. The van der Waals surface area contributed by atoms with Crippen LogP contribution >= 0.6 is 35.3 Å². The van der Waals surface area contributed by atoms with E-state index >= 15 is 0 Å². The molecule has 3 rings (SSSR count). The van der Waals surface area contributed by atoms with Crippen LogP contribution in [0.1, 0.15) is 51.0 Å². The number of nitrogens with one attached hydrogen (secondary N) is 2. The molecule has 0 radical (unpaired) electrons. The van der Waals surface area contributed by atoms with E-state index in [0.717, 1.165) is 38.6 Å². The second-order valence-corrected chi connectivity index (χ2v) is 10.3. The quantitative estimate of drug-likeness (QED) is 0.330. The van der Waals surface area contributed by atoms with Gasteiger partial charge in [-0.25, -0.2) is 4.79 Å². The van der Waals surface area contributed by atoms with Gasteiger partial charge in [-0.1, -0.05) is 6.07 Å². The molecule has 1 aromatic rings. The Morgan fingerprint density at radius 3 is 2.74 bits per heavy atom. The Morgan fingerprint density at radius 1 is 1.32 bits per heavy atom. The van der Waals surface area contributed by atoms with Gasteiger partial charge in [-0.15, -0.1) is 35.3 Å². The van der Waals surface area contributed by atoms with Crippen LogP contribution in [0.2, 0.25) is 0 Å². The second kappa shape index (κ2) is 11.7. The molecule has 2 fully saturated rings. The highest BCUT2D eigenvalue weighted by atomic mass is 127. The fourth-order valence-electron chi connectivity index (χ4n) is 4.48. The number of ether oxygens (including phenoxy) is 1. The molecule has 0 bridgehead atoms. The van der Waals surface area contributed by atoms with Gasteiger partial charge in [0.25, 0.3) is 0 Å². The summed E-state index contributed by atoms with van der Waals surface area (Å²) in [5, 5.41) is 8.78. The number of rotatable bonds is 4. The van der Waals surface area contributed by atoms with Gasteiger partial charge in [-0.3, -0.25) is 9.89 Å². The number of carbonyl (C=O) groups excluding carboxylic acids is 1. The Bertz CT molecular complexity index is 722. The summed E-state index contributed by atoms with van der Waals surface area (Å²) in [4.78, 5) is 22.7. The molecule has 0 saturated carbocycles. The van der Waals surface area contributed by atoms with Crippen molar-refractivity contribution in [2.24, 2.45) is 10.9 Å². The normalized spacial score (nSPS) is 25.1. The Hall–Kier alpha value is -1.07. The molecular weight excluding hydrogens is 525 g/mol. The van der Waals surface area contributed by atoms with Crippen LogP contribution < -0.4 is 10.6 Å². The molecule has 1 aromatic heterocycles. The maximum Gasteiger partial charge on any atom is 0.407 e. The molecule has 3 unspecified atom stereocenters. The second-order valence-electron chi connectivity index (χ2n) is 9.35. The number of amides is 1. The molecule has 0 aromatic carbocycles. The summed E-state index contributed by atoms with van der Waals surface area (Å²) < 4.78 is 5.39. The van der Waals surface area contributed by atoms with E-state index in [2.05, 4.69) is 50.0 Å². The molecule has 31 heavy (non-hydrogen) atoms. The summed E-state index contributed by atoms with van der Waals surface area (Å²) in [6.07, 6.45) is 3.00. The maximum absolute atomic E-state index is 12.1. The van der Waals surface area contributed by atoms with Crippen molar-refractivity contribution in [2.45, 2.75) is 57.7 Å². The molecule has 2 saturated heterocycles. The van der Waals surface area contributed by atoms with Gasteiger partial charge >= 0.3 is 6.09 Å². The average Bonchev–Trinajstić information content (AvgIpc) is 3.33. The molecule has 7 nitrogen and oxygen atoms in total. The van der Waals surface area contributed by atoms with Crippen LogP contribution in [0.5, 0.6) is 0 Å². The lowest BCUT2D eigenvalue weighted by molar-refractivity contribution is 0.0507. The number of thiophene rings is 1. The van der Waals surface area contributed by atoms with E-state index in [0.29, 0.717) is 12.0 Å². The first-order valence-electron chi connectivity index (χ1n) is 11.0. The van der Waals surface area contributed by atoms with Gasteiger partial charge in [0, 0.05) is 37.6 Å². The number of hydrogen-bond acceptors (Lipinski definition) is 5. The summed E-state index contributed by atoms with van der Waals surface area (Å²) in [6.45, 7) is 9.32. The van der Waals surface area contributed by atoms with Crippen molar-refractivity contribution in [3.8, 4) is 0 Å². The molecule has 3 heterocycles. The number of aliphatic imine (C=N–C) groups is 1. The topological polar surface area (TPSA) is 69.2 Å². The van der Waals surface area contributed by atoms with Crippen LogP contribution in [0, 0.1) is 5.92 Å². The first-order valence-corrected chi connectivity index (χ1v) is 11.8. The summed E-state index contributed by atoms with van der Waals surface area (Å²) >= 11 is 1.85. The summed E-state index contributed by atoms with van der Waals surface area (Å²) in [6, 6.07) is 4.95. The minimum atomic E-state index is -0.480. The highest BCUT2D eigenvalue weighted by Crippen LogP contribution is 2.36. The largest absolute Gasteiger partial charge is 0.444 e. The lowest BCUT2D eigenvalue weighted by atomic mass is 9.88. The SMILES string of the molecule is CN=C(NCC1CCCN(C)C1c1cccs1)N1CCC(NC(=O)OC(C)(C)C)C1.I. The van der Waals surface area contributed by atoms with Crippen molar-refractivity contribution in [1.29, 1.82) is 0 Å². The van der Waals surface area contributed by atoms with Crippen LogP contribution in [-0.2, 0) is 4.74 Å². The van der Waals surface area contributed by atoms with E-state index in [1.54, 1.807) is 0 Å². The highest BCUT2D eigenvalue weighted by Gasteiger charge is 2.32. The van der Waals surface area contributed by atoms with Crippen molar-refractivity contribution in [2.75, 3.05) is 40.3 Å². The van der Waals surface area contributed by atoms with Gasteiger partial charge in [0.05, 0.1) is 6.04 Å². The summed E-state index contributed by atoms with van der Waals surface area (Å²) in [5.74, 6) is 1.47. The summed E-state index contributed by atoms with van der Waals surface area (Å²) in [5.41, 5.74) is -0.480. The minimum absolute atomic E-state index is 0. The number of nitrogens with zero attached hydrogens (tertiary/aromatic N) is 3. The van der Waals surface area contributed by atoms with Crippen LogP contribution in [0.3, 0.4) is 0 Å². The zero-order chi connectivity index (χ0) is 21.7. The fourth-order valence-corrected chi connectivity index (χ4v) is 5.47. The van der Waals surface area contributed by atoms with Crippen LogP contribution in [0.15, 0.2) is 22.5 Å². The van der Waals surface area contributed by atoms with E-state index in [1.807, 2.05) is 39.2 Å². The van der Waals surface area contributed by atoms with Gasteiger partial charge in [-0.05, 0) is 71.0 Å². The van der Waals surface area contributed by atoms with Crippen LogP contribution in [0.4, 0.5) is 4.79 Å². The van der Waals surface area contributed by atoms with E-state index < -0.39 is 5.60 Å². The van der Waals surface area contributed by atoms with E-state index in [-0.39, 0.29) is 36.1 Å². The van der Waals surface area contributed by atoms with E-state index in [4.69, 9.17) is 4.74 Å². The third kappa shape index (κ3) is 7.49. The first kappa shape index (κ1) is 26.2. The molecule has 0 spiro atoms. The number of hydrogen-bond donors (Lipinski definition) is 2. The Kier molecular flexibility index (Phi) is 9.88. The molecule has 0 aliphatic carbocycles. The minimum Gasteiger partial charge on any atom is -0.444 e. The van der Waals surface area contributed by atoms with Crippen LogP contribution in [-0.4, -0.2) is 73.8 Å². The third-order valence-corrected chi connectivity index (χ3v) is 6.73. The maximum atomic E-state index is 12.1. The number of alkyl carbamates (subject to hydrolysis) is 1. The van der Waals surface area contributed by atoms with Gasteiger partial charge in [0.15, 0.2) is 5.96 Å². The zero-order valence-corrected chi connectivity index (χ0v) is 22.5. The van der Waals surface area contributed by atoms with Gasteiger partial charge in [0.1, 0.15) is 5.60 Å². The Balaban J connectivity index is 0.00000341. The number of halogens is 1. The van der Waals surface area contributed by atoms with Crippen molar-refractivity contribution in [1.82, 2.24) is 20.4 Å². The molecule has 3 atom stereocenters. The van der Waals surface area contributed by atoms with E-state index in [1.165, 1.54) is 17.7 Å². The molecule has 176 valence electrons. The Morgan fingerprint density at radius 2 is 2.10 bits per heavy atom. The Labute approximate surface area is 208 Å². The molecule has 9 heteroatoms. The lowest BCUT2D eigenvalue weighted by Gasteiger charge is -2.39. The first-order chi connectivity index (χ1) is 14.3. The van der Waals surface area contributed by atoms with Crippen molar-refractivity contribution >= 4 is 47.4 Å². The van der Waals surface area contributed by atoms with Crippen molar-refractivity contribution in [3.05, 3.63) is 22.4 Å². The highest BCUT2D eigenvalue weighted by molar-refractivity contribution is 14.0. The lowest BCUT2D eigenvalue weighted by Crippen LogP contribution is -2.47. The number of piperidine rings is 1. The molecule has 2 N–H and O–H groups in total. The van der Waals surface area contributed by atoms with Crippen molar-refractivity contribution in [3.63, 3.8) is 0 Å². The monoisotopic (exact) mass is 563 g/mol. The van der Waals surface area contributed by atoms with Crippen LogP contribution in [0.25, 0.3) is 0 Å². The fraction of sp³-hybridized carbons (Fsp3) is 0.727. The molecular formula is C22H38IN5O2S. The standard InChI is InChI=1S/C22H37N5O2S.HI/c1-22(2,3)29-21(28)25-17-10-12-27(15-17)20(23-4)24-14-16-8-6-11-26(5)19(16)18-9-7-13-30-18;/h7,9,13,16-17,19H,6,8,10-12,14-15H2,1-5H3,(H,23,24)(H,25,28);1H. The van der Waals surface area contributed by atoms with Gasteiger partial charge in [-0.2, -0.15) is 0 Å². The number of guanidine groups is 1. The molecule has 1 amide bonds. The molecule has 2 aliphatic rings. The predicted molar refractivity (Wildman–Crippen MR) is 139 cm³/mol. The van der Waals surface area contributed by atoms with Gasteiger partial charge < -0.3 is 20.3 Å². The number of likely N-dealkylation sites (tertiary alicyclic amines) is 2. The predicted octanol–water partition coefficient (Wildman–Crippen LogP) is 3.92. The van der Waals surface area contributed by atoms with Gasteiger partial charge in [0.2, 0.25) is 0 Å².